The van der Waals surface area contributed by atoms with Crippen molar-refractivity contribution in [2.45, 2.75) is 58.7 Å². The summed E-state index contributed by atoms with van der Waals surface area (Å²) in [6.45, 7) is 9.62. The Labute approximate surface area is 194 Å². The lowest BCUT2D eigenvalue weighted by atomic mass is 10.1. The zero-order valence-corrected chi connectivity index (χ0v) is 20.1. The fourth-order valence-corrected chi connectivity index (χ4v) is 3.95. The molecule has 1 amide bonds. The van der Waals surface area contributed by atoms with E-state index in [0.717, 1.165) is 36.7 Å². The second kappa shape index (κ2) is 9.25. The van der Waals surface area contributed by atoms with Crippen molar-refractivity contribution in [3.05, 3.63) is 47.8 Å². The van der Waals surface area contributed by atoms with Crippen LogP contribution in [0.5, 0.6) is 0 Å². The number of aromatic nitrogens is 4. The van der Waals surface area contributed by atoms with E-state index >= 15 is 0 Å². The second-order valence-electron chi connectivity index (χ2n) is 9.63. The summed E-state index contributed by atoms with van der Waals surface area (Å²) in [7, 11) is 2.03. The Hall–Kier alpha value is -3.36. The minimum absolute atomic E-state index is 0.221. The molecule has 0 radical (unpaired) electrons. The Kier molecular flexibility index (Phi) is 6.40. The first-order chi connectivity index (χ1) is 15.7. The fourth-order valence-electron chi connectivity index (χ4n) is 3.95. The second-order valence-corrected chi connectivity index (χ2v) is 9.63. The van der Waals surface area contributed by atoms with Gasteiger partial charge in [0.1, 0.15) is 5.60 Å². The maximum atomic E-state index is 12.4. The number of carbonyl (C=O) groups excluding carboxylic acids is 1. The van der Waals surface area contributed by atoms with Crippen molar-refractivity contribution in [1.29, 1.82) is 0 Å². The Morgan fingerprint density at radius 1 is 1.18 bits per heavy atom. The van der Waals surface area contributed by atoms with Gasteiger partial charge in [0.2, 0.25) is 5.65 Å². The number of hydrogen-bond acceptors (Lipinski definition) is 7. The van der Waals surface area contributed by atoms with Gasteiger partial charge in [-0.3, -0.25) is 0 Å². The molecule has 0 saturated carbocycles. The van der Waals surface area contributed by atoms with Gasteiger partial charge in [0.25, 0.3) is 0 Å². The summed E-state index contributed by atoms with van der Waals surface area (Å²) in [5.74, 6) is 1.57. The predicted molar refractivity (Wildman–Crippen MR) is 129 cm³/mol. The number of rotatable bonds is 5. The van der Waals surface area contributed by atoms with Crippen LogP contribution in [0.3, 0.4) is 0 Å². The number of amides is 1. The highest BCUT2D eigenvalue weighted by molar-refractivity contribution is 5.71. The van der Waals surface area contributed by atoms with Gasteiger partial charge < -0.3 is 19.9 Å². The van der Waals surface area contributed by atoms with E-state index in [1.807, 2.05) is 59.0 Å². The molecule has 176 valence electrons. The molecule has 3 aromatic rings. The maximum absolute atomic E-state index is 12.4. The van der Waals surface area contributed by atoms with Crippen LogP contribution in [-0.4, -0.2) is 62.6 Å². The molecule has 0 bridgehead atoms. The number of nitrogens with one attached hydrogen (secondary N) is 1. The van der Waals surface area contributed by atoms with Crippen molar-refractivity contribution in [2.24, 2.45) is 0 Å². The highest BCUT2D eigenvalue weighted by Crippen LogP contribution is 2.25. The number of benzene rings is 1. The molecule has 33 heavy (non-hydrogen) atoms. The lowest BCUT2D eigenvalue weighted by molar-refractivity contribution is 0.0210. The summed E-state index contributed by atoms with van der Waals surface area (Å²) in [6, 6.07) is 12.6. The van der Waals surface area contributed by atoms with Gasteiger partial charge >= 0.3 is 6.09 Å². The third kappa shape index (κ3) is 5.53. The molecule has 0 aliphatic carbocycles. The van der Waals surface area contributed by atoms with Crippen LogP contribution in [0.2, 0.25) is 0 Å². The molecule has 9 heteroatoms. The number of likely N-dealkylation sites (tertiary alicyclic amines) is 1. The van der Waals surface area contributed by atoms with E-state index in [-0.39, 0.29) is 12.1 Å². The van der Waals surface area contributed by atoms with Crippen LogP contribution >= 0.6 is 0 Å². The summed E-state index contributed by atoms with van der Waals surface area (Å²) in [5, 5.41) is 17.0. The minimum Gasteiger partial charge on any atom is -0.444 e. The summed E-state index contributed by atoms with van der Waals surface area (Å²) in [4.78, 5) is 16.3. The average Bonchev–Trinajstić information content (AvgIpc) is 3.15. The topological polar surface area (TPSA) is 87.9 Å². The molecule has 1 aliphatic rings. The molecule has 1 saturated heterocycles. The van der Waals surface area contributed by atoms with Gasteiger partial charge in [-0.1, -0.05) is 30.3 Å². The summed E-state index contributed by atoms with van der Waals surface area (Å²) < 4.78 is 7.30. The average molecular weight is 452 g/mol. The maximum Gasteiger partial charge on any atom is 0.410 e. The van der Waals surface area contributed by atoms with E-state index in [9.17, 15) is 4.79 Å². The predicted octanol–water partition coefficient (Wildman–Crippen LogP) is 3.88. The molecule has 0 unspecified atom stereocenters. The van der Waals surface area contributed by atoms with Crippen LogP contribution in [0.25, 0.3) is 5.65 Å². The summed E-state index contributed by atoms with van der Waals surface area (Å²) in [6.07, 6.45) is 1.41. The smallest absolute Gasteiger partial charge is 0.410 e. The summed E-state index contributed by atoms with van der Waals surface area (Å²) in [5.41, 5.74) is 2.34. The molecule has 1 aliphatic heterocycles. The minimum atomic E-state index is -0.484. The van der Waals surface area contributed by atoms with Crippen LogP contribution in [0.4, 0.5) is 16.3 Å². The van der Waals surface area contributed by atoms with Gasteiger partial charge in [-0.15, -0.1) is 15.3 Å². The normalized spacial score (nSPS) is 15.0. The van der Waals surface area contributed by atoms with Crippen molar-refractivity contribution in [3.8, 4) is 0 Å². The van der Waals surface area contributed by atoms with Gasteiger partial charge in [0.15, 0.2) is 11.6 Å². The van der Waals surface area contributed by atoms with E-state index < -0.39 is 5.60 Å². The van der Waals surface area contributed by atoms with Gasteiger partial charge in [0.05, 0.1) is 5.69 Å². The van der Waals surface area contributed by atoms with Crippen molar-refractivity contribution in [2.75, 3.05) is 30.4 Å². The van der Waals surface area contributed by atoms with E-state index in [1.165, 1.54) is 5.56 Å². The molecule has 9 nitrogen and oxygen atoms in total. The molecule has 2 aromatic heterocycles. The lowest BCUT2D eigenvalue weighted by Crippen LogP contribution is -2.44. The van der Waals surface area contributed by atoms with Crippen molar-refractivity contribution in [1.82, 2.24) is 24.7 Å². The molecule has 4 rings (SSSR count). The lowest BCUT2D eigenvalue weighted by Gasteiger charge is -2.34. The van der Waals surface area contributed by atoms with Gasteiger partial charge in [-0.05, 0) is 46.1 Å². The SMILES string of the molecule is Cc1nnc2c(NC3CCN(C(=O)OC(C)(C)C)CC3)cc(N(C)Cc3ccccc3)nn12. The van der Waals surface area contributed by atoms with E-state index in [4.69, 9.17) is 9.84 Å². The van der Waals surface area contributed by atoms with Crippen LogP contribution in [0.15, 0.2) is 36.4 Å². The molecule has 0 spiro atoms. The van der Waals surface area contributed by atoms with E-state index in [1.54, 1.807) is 9.42 Å². The van der Waals surface area contributed by atoms with E-state index in [2.05, 4.69) is 32.5 Å². The Morgan fingerprint density at radius 3 is 2.55 bits per heavy atom. The van der Waals surface area contributed by atoms with Crippen LogP contribution in [-0.2, 0) is 11.3 Å². The number of nitrogens with zero attached hydrogens (tertiary/aromatic N) is 6. The Balaban J connectivity index is 1.48. The van der Waals surface area contributed by atoms with E-state index in [0.29, 0.717) is 18.7 Å². The zero-order valence-electron chi connectivity index (χ0n) is 20.1. The molecule has 1 aromatic carbocycles. The number of carbonyl (C=O) groups is 1. The molecular weight excluding hydrogens is 418 g/mol. The number of hydrogen-bond donors (Lipinski definition) is 1. The van der Waals surface area contributed by atoms with Crippen LogP contribution < -0.4 is 10.2 Å². The number of ether oxygens (including phenoxy) is 1. The van der Waals surface area contributed by atoms with Crippen LogP contribution in [0, 0.1) is 6.92 Å². The molecule has 3 heterocycles. The molecule has 0 atom stereocenters. The first-order valence-corrected chi connectivity index (χ1v) is 11.4. The molecule has 1 fully saturated rings. The third-order valence-electron chi connectivity index (χ3n) is 5.67. The molecular formula is C24H33N7O2. The van der Waals surface area contributed by atoms with Gasteiger partial charge in [-0.25, -0.2) is 4.79 Å². The number of fused-ring (bicyclic) bond motifs is 1. The Bertz CT molecular complexity index is 1100. The standard InChI is InChI=1S/C24H33N7O2/c1-17-26-27-22-20(25-19-11-13-30(14-12-19)23(32)33-24(2,3)4)15-21(28-31(17)22)29(5)16-18-9-7-6-8-10-18/h6-10,15,19,25H,11-14,16H2,1-5H3. The van der Waals surface area contributed by atoms with Gasteiger partial charge in [0, 0.05) is 38.8 Å². The largest absolute Gasteiger partial charge is 0.444 e. The Morgan fingerprint density at radius 2 is 1.88 bits per heavy atom. The highest BCUT2D eigenvalue weighted by atomic mass is 16.6. The fraction of sp³-hybridized carbons (Fsp3) is 0.500. The van der Waals surface area contributed by atoms with Crippen molar-refractivity contribution in [3.63, 3.8) is 0 Å². The summed E-state index contributed by atoms with van der Waals surface area (Å²) >= 11 is 0. The quantitative estimate of drug-likeness (QED) is 0.630. The first kappa shape index (κ1) is 22.8. The highest BCUT2D eigenvalue weighted by Gasteiger charge is 2.27. The van der Waals surface area contributed by atoms with Crippen molar-refractivity contribution < 1.29 is 9.53 Å². The van der Waals surface area contributed by atoms with Crippen LogP contribution in [0.1, 0.15) is 45.0 Å². The molecule has 1 N–H and O–H groups in total. The number of aryl methyl sites for hydroxylation is 1. The monoisotopic (exact) mass is 451 g/mol. The third-order valence-corrected chi connectivity index (χ3v) is 5.67. The zero-order chi connectivity index (χ0) is 23.6. The number of anilines is 2. The first-order valence-electron chi connectivity index (χ1n) is 11.4. The van der Waals surface area contributed by atoms with Gasteiger partial charge in [-0.2, -0.15) is 4.52 Å². The number of piperidine rings is 1. The van der Waals surface area contributed by atoms with Crippen molar-refractivity contribution >= 4 is 23.2 Å².